The normalized spacial score (nSPS) is 17.1. The Hall–Kier alpha value is -1.10. The lowest BCUT2D eigenvalue weighted by Crippen LogP contribution is -2.34. The molecule has 1 amide bonds. The highest BCUT2D eigenvalue weighted by molar-refractivity contribution is 5.92. The molecule has 1 heterocycles. The third-order valence-electron chi connectivity index (χ3n) is 3.69. The van der Waals surface area contributed by atoms with Crippen LogP contribution in [-0.4, -0.2) is 26.1 Å². The Morgan fingerprint density at radius 2 is 2.10 bits per heavy atom. The largest absolute Gasteiger partial charge is 0.377 e. The van der Waals surface area contributed by atoms with Crippen LogP contribution in [0.5, 0.6) is 0 Å². The lowest BCUT2D eigenvalue weighted by molar-refractivity contribution is -0.120. The average molecular weight is 299 g/mol. The van der Waals surface area contributed by atoms with Gasteiger partial charge in [-0.15, -0.1) is 12.4 Å². The topological polar surface area (TPSA) is 50.4 Å². The van der Waals surface area contributed by atoms with E-state index >= 15 is 0 Å². The van der Waals surface area contributed by atoms with Crippen molar-refractivity contribution < 1.29 is 9.53 Å². The lowest BCUT2D eigenvalue weighted by atomic mass is 9.97. The van der Waals surface area contributed by atoms with E-state index in [0.29, 0.717) is 0 Å². The van der Waals surface area contributed by atoms with Gasteiger partial charge in [0.1, 0.15) is 0 Å². The van der Waals surface area contributed by atoms with Crippen LogP contribution in [0.3, 0.4) is 0 Å². The van der Waals surface area contributed by atoms with E-state index in [4.69, 9.17) is 4.74 Å². The van der Waals surface area contributed by atoms with Crippen molar-refractivity contribution in [3.63, 3.8) is 0 Å². The van der Waals surface area contributed by atoms with E-state index < -0.39 is 0 Å². The second-order valence-corrected chi connectivity index (χ2v) is 5.02. The predicted molar refractivity (Wildman–Crippen MR) is 83.3 cm³/mol. The predicted octanol–water partition coefficient (Wildman–Crippen LogP) is 2.75. The van der Waals surface area contributed by atoms with Crippen molar-refractivity contribution in [3.05, 3.63) is 29.8 Å². The van der Waals surface area contributed by atoms with Crippen molar-refractivity contribution in [1.29, 1.82) is 0 Å². The van der Waals surface area contributed by atoms with Crippen LogP contribution in [0, 0.1) is 5.92 Å². The van der Waals surface area contributed by atoms with Gasteiger partial charge in [0.2, 0.25) is 5.91 Å². The number of hydrogen-bond acceptors (Lipinski definition) is 3. The van der Waals surface area contributed by atoms with Gasteiger partial charge >= 0.3 is 0 Å². The summed E-state index contributed by atoms with van der Waals surface area (Å²) >= 11 is 0. The smallest absolute Gasteiger partial charge is 0.227 e. The fraction of sp³-hybridized carbons (Fsp3) is 0.533. The van der Waals surface area contributed by atoms with Crippen LogP contribution in [0.25, 0.3) is 0 Å². The van der Waals surface area contributed by atoms with Gasteiger partial charge < -0.3 is 15.4 Å². The summed E-state index contributed by atoms with van der Waals surface area (Å²) < 4.78 is 5.29. The molecule has 112 valence electrons. The van der Waals surface area contributed by atoms with Crippen LogP contribution >= 0.6 is 12.4 Å². The van der Waals surface area contributed by atoms with Crippen molar-refractivity contribution in [2.24, 2.45) is 5.92 Å². The number of nitrogens with one attached hydrogen (secondary N) is 2. The number of rotatable bonds is 4. The summed E-state index contributed by atoms with van der Waals surface area (Å²) in [4.78, 5) is 12.1. The number of hydrogen-bond donors (Lipinski definition) is 2. The average Bonchev–Trinajstić information content (AvgIpc) is 2.47. The molecule has 0 spiro atoms. The number of halogens is 1. The summed E-state index contributed by atoms with van der Waals surface area (Å²) in [5, 5.41) is 6.28. The molecule has 5 heteroatoms. The fourth-order valence-electron chi connectivity index (χ4n) is 2.33. The molecule has 0 saturated carbocycles. The van der Waals surface area contributed by atoms with E-state index in [1.54, 1.807) is 7.11 Å². The van der Waals surface area contributed by atoms with Crippen molar-refractivity contribution in [1.82, 2.24) is 5.32 Å². The van der Waals surface area contributed by atoms with Gasteiger partial charge in [0.25, 0.3) is 0 Å². The van der Waals surface area contributed by atoms with E-state index in [1.165, 1.54) is 0 Å². The van der Waals surface area contributed by atoms with Crippen LogP contribution in [0.4, 0.5) is 5.69 Å². The van der Waals surface area contributed by atoms with Gasteiger partial charge in [0.15, 0.2) is 0 Å². The Morgan fingerprint density at radius 3 is 2.75 bits per heavy atom. The maximum Gasteiger partial charge on any atom is 0.227 e. The summed E-state index contributed by atoms with van der Waals surface area (Å²) in [6.07, 6.45) is 1.87. The van der Waals surface area contributed by atoms with Crippen molar-refractivity contribution in [2.75, 3.05) is 25.5 Å². The molecule has 1 atom stereocenters. The van der Waals surface area contributed by atoms with Crippen LogP contribution in [0.2, 0.25) is 0 Å². The van der Waals surface area contributed by atoms with Crippen molar-refractivity contribution in [3.8, 4) is 0 Å². The minimum absolute atomic E-state index is 0. The molecule has 1 aromatic carbocycles. The SMILES string of the molecule is COC(C)c1cccc(NC(=O)C2CCNCC2)c1.Cl. The number of methoxy groups -OCH3 is 1. The van der Waals surface area contributed by atoms with Crippen LogP contribution in [-0.2, 0) is 9.53 Å². The minimum Gasteiger partial charge on any atom is -0.377 e. The first kappa shape index (κ1) is 17.0. The molecule has 1 unspecified atom stereocenters. The van der Waals surface area contributed by atoms with Gasteiger partial charge in [-0.2, -0.15) is 0 Å². The summed E-state index contributed by atoms with van der Waals surface area (Å²) in [7, 11) is 1.69. The van der Waals surface area contributed by atoms with Crippen molar-refractivity contribution in [2.45, 2.75) is 25.9 Å². The summed E-state index contributed by atoms with van der Waals surface area (Å²) in [5.41, 5.74) is 1.93. The molecule has 0 aromatic heterocycles. The monoisotopic (exact) mass is 298 g/mol. The third kappa shape index (κ3) is 4.47. The van der Waals surface area contributed by atoms with E-state index in [9.17, 15) is 4.79 Å². The number of carbonyl (C=O) groups excluding carboxylic acids is 1. The molecule has 1 aliphatic rings. The van der Waals surface area contributed by atoms with Gasteiger partial charge in [-0.3, -0.25) is 4.79 Å². The molecule has 0 bridgehead atoms. The first-order chi connectivity index (χ1) is 9.20. The summed E-state index contributed by atoms with van der Waals surface area (Å²) in [6, 6.07) is 7.86. The molecule has 4 nitrogen and oxygen atoms in total. The number of amides is 1. The minimum atomic E-state index is 0. The zero-order chi connectivity index (χ0) is 13.7. The van der Waals surface area contributed by atoms with E-state index in [1.807, 2.05) is 31.2 Å². The van der Waals surface area contributed by atoms with Gasteiger partial charge in [0, 0.05) is 18.7 Å². The highest BCUT2D eigenvalue weighted by atomic mass is 35.5. The highest BCUT2D eigenvalue weighted by Crippen LogP contribution is 2.21. The molecule has 0 aliphatic carbocycles. The Labute approximate surface area is 126 Å². The first-order valence-corrected chi connectivity index (χ1v) is 6.85. The van der Waals surface area contributed by atoms with Crippen LogP contribution < -0.4 is 10.6 Å². The molecule has 1 fully saturated rings. The van der Waals surface area contributed by atoms with Crippen LogP contribution in [0.15, 0.2) is 24.3 Å². The Balaban J connectivity index is 0.00000200. The quantitative estimate of drug-likeness (QED) is 0.898. The Bertz CT molecular complexity index is 434. The molecule has 2 rings (SSSR count). The molecular weight excluding hydrogens is 276 g/mol. The first-order valence-electron chi connectivity index (χ1n) is 6.85. The van der Waals surface area contributed by atoms with Gasteiger partial charge in [0.05, 0.1) is 6.10 Å². The van der Waals surface area contributed by atoms with Gasteiger partial charge in [-0.25, -0.2) is 0 Å². The number of benzene rings is 1. The van der Waals surface area contributed by atoms with Crippen LogP contribution in [0.1, 0.15) is 31.4 Å². The molecular formula is C15H23ClN2O2. The van der Waals surface area contributed by atoms with E-state index in [0.717, 1.165) is 37.2 Å². The zero-order valence-electron chi connectivity index (χ0n) is 12.0. The molecule has 1 aromatic rings. The Morgan fingerprint density at radius 1 is 1.40 bits per heavy atom. The Kier molecular flexibility index (Phi) is 6.99. The van der Waals surface area contributed by atoms with Crippen molar-refractivity contribution >= 4 is 24.0 Å². The number of ether oxygens (including phenoxy) is 1. The summed E-state index contributed by atoms with van der Waals surface area (Å²) in [6.45, 7) is 3.85. The molecule has 1 aliphatic heterocycles. The molecule has 1 saturated heterocycles. The highest BCUT2D eigenvalue weighted by Gasteiger charge is 2.20. The van der Waals surface area contributed by atoms with Gasteiger partial charge in [-0.05, 0) is 50.6 Å². The third-order valence-corrected chi connectivity index (χ3v) is 3.69. The maximum atomic E-state index is 12.1. The zero-order valence-corrected chi connectivity index (χ0v) is 12.8. The number of carbonyl (C=O) groups is 1. The standard InChI is InChI=1S/C15H22N2O2.ClH/c1-11(19-2)13-4-3-5-14(10-13)17-15(18)12-6-8-16-9-7-12;/h3-5,10-12,16H,6-9H2,1-2H3,(H,17,18);1H. The number of anilines is 1. The molecule has 20 heavy (non-hydrogen) atoms. The maximum absolute atomic E-state index is 12.1. The molecule has 0 radical (unpaired) electrons. The summed E-state index contributed by atoms with van der Waals surface area (Å²) in [5.74, 6) is 0.258. The van der Waals surface area contributed by atoms with Gasteiger partial charge in [-0.1, -0.05) is 12.1 Å². The number of piperidine rings is 1. The lowest BCUT2D eigenvalue weighted by Gasteiger charge is -2.22. The fourth-order valence-corrected chi connectivity index (χ4v) is 2.33. The molecule has 2 N–H and O–H groups in total. The van der Waals surface area contributed by atoms with E-state index in [-0.39, 0.29) is 30.3 Å². The van der Waals surface area contributed by atoms with E-state index in [2.05, 4.69) is 10.6 Å². The second kappa shape index (κ2) is 8.25. The second-order valence-electron chi connectivity index (χ2n) is 5.02.